The molecule has 2 N–H and O–H groups in total. The molecule has 0 unspecified atom stereocenters. The molecule has 128 valence electrons. The van der Waals surface area contributed by atoms with Crippen LogP contribution < -0.4 is 10.6 Å². The smallest absolute Gasteiger partial charge is 0.270 e. The van der Waals surface area contributed by atoms with Crippen LogP contribution in [0.15, 0.2) is 52.9 Å². The van der Waals surface area contributed by atoms with Gasteiger partial charge in [-0.2, -0.15) is 0 Å². The van der Waals surface area contributed by atoms with Crippen LogP contribution in [0.5, 0.6) is 0 Å². The van der Waals surface area contributed by atoms with E-state index in [2.05, 4.69) is 10.6 Å². The number of furan rings is 1. The van der Waals surface area contributed by atoms with E-state index in [4.69, 9.17) is 4.42 Å². The van der Waals surface area contributed by atoms with Crippen molar-refractivity contribution >= 4 is 28.3 Å². The number of para-hydroxylation sites is 1. The minimum atomic E-state index is -0.529. The van der Waals surface area contributed by atoms with Gasteiger partial charge in [-0.3, -0.25) is 14.9 Å². The Labute approximate surface area is 143 Å². The van der Waals surface area contributed by atoms with E-state index in [9.17, 15) is 14.9 Å². The first-order valence-electron chi connectivity index (χ1n) is 7.75. The quantitative estimate of drug-likeness (QED) is 0.543. The fraction of sp³-hybridized carbons (Fsp3) is 0.167. The lowest BCUT2D eigenvalue weighted by atomic mass is 10.1. The summed E-state index contributed by atoms with van der Waals surface area (Å²) in [5, 5.41) is 17.6. The Morgan fingerprint density at radius 2 is 1.96 bits per heavy atom. The molecule has 3 aromatic rings. The highest BCUT2D eigenvalue weighted by molar-refractivity contribution is 6.00. The number of nitro benzene ring substituents is 1. The number of carbonyl (C=O) groups excluding carboxylic acids is 1. The summed E-state index contributed by atoms with van der Waals surface area (Å²) in [6.07, 6.45) is 0. The minimum Gasteiger partial charge on any atom is -0.459 e. The summed E-state index contributed by atoms with van der Waals surface area (Å²) in [4.78, 5) is 22.5. The summed E-state index contributed by atoms with van der Waals surface area (Å²) in [6.45, 7) is 1.90. The van der Waals surface area contributed by atoms with Crippen LogP contribution in [-0.4, -0.2) is 17.9 Å². The second kappa shape index (κ2) is 6.64. The molecule has 2 aromatic carbocycles. The van der Waals surface area contributed by atoms with Crippen LogP contribution in [0.4, 0.5) is 11.4 Å². The first-order chi connectivity index (χ1) is 12.0. The van der Waals surface area contributed by atoms with Crippen molar-refractivity contribution in [1.29, 1.82) is 0 Å². The number of rotatable bonds is 5. The van der Waals surface area contributed by atoms with Crippen LogP contribution >= 0.6 is 0 Å². The van der Waals surface area contributed by atoms with E-state index in [-0.39, 0.29) is 17.3 Å². The maximum Gasteiger partial charge on any atom is 0.270 e. The predicted molar refractivity (Wildman–Crippen MR) is 94.7 cm³/mol. The summed E-state index contributed by atoms with van der Waals surface area (Å²) >= 11 is 0. The van der Waals surface area contributed by atoms with E-state index in [1.54, 1.807) is 0 Å². The average molecular weight is 339 g/mol. The summed E-state index contributed by atoms with van der Waals surface area (Å²) in [5.74, 6) is 0.311. The number of nitrogens with zero attached hydrogens (tertiary/aromatic N) is 1. The number of anilines is 1. The summed E-state index contributed by atoms with van der Waals surface area (Å²) in [7, 11) is 1.48. The third kappa shape index (κ3) is 3.30. The summed E-state index contributed by atoms with van der Waals surface area (Å²) < 4.78 is 5.82. The van der Waals surface area contributed by atoms with Gasteiger partial charge in [-0.05, 0) is 25.1 Å². The molecule has 0 radical (unpaired) electrons. The average Bonchev–Trinajstić information content (AvgIpc) is 3.05. The maximum absolute atomic E-state index is 12.1. The van der Waals surface area contributed by atoms with Crippen molar-refractivity contribution in [2.24, 2.45) is 0 Å². The van der Waals surface area contributed by atoms with Gasteiger partial charge in [0.15, 0.2) is 0 Å². The van der Waals surface area contributed by atoms with Crippen molar-refractivity contribution in [3.8, 4) is 0 Å². The van der Waals surface area contributed by atoms with E-state index in [0.29, 0.717) is 11.4 Å². The first-order valence-corrected chi connectivity index (χ1v) is 7.75. The molecule has 7 heteroatoms. The van der Waals surface area contributed by atoms with Crippen molar-refractivity contribution < 1.29 is 14.1 Å². The highest BCUT2D eigenvalue weighted by Gasteiger charge is 2.19. The third-order valence-corrected chi connectivity index (χ3v) is 3.93. The molecule has 3 rings (SSSR count). The molecule has 0 bridgehead atoms. The Balaban J connectivity index is 1.93. The molecule has 25 heavy (non-hydrogen) atoms. The predicted octanol–water partition coefficient (Wildman–Crippen LogP) is 3.87. The van der Waals surface area contributed by atoms with Gasteiger partial charge in [-0.1, -0.05) is 18.2 Å². The van der Waals surface area contributed by atoms with Crippen LogP contribution in [-0.2, 0) is 0 Å². The molecular weight excluding hydrogens is 322 g/mol. The third-order valence-electron chi connectivity index (χ3n) is 3.93. The lowest BCUT2D eigenvalue weighted by Gasteiger charge is -2.15. The van der Waals surface area contributed by atoms with Gasteiger partial charge in [0.05, 0.1) is 16.5 Å². The lowest BCUT2D eigenvalue weighted by molar-refractivity contribution is -0.384. The van der Waals surface area contributed by atoms with Gasteiger partial charge in [0, 0.05) is 30.3 Å². The van der Waals surface area contributed by atoms with E-state index >= 15 is 0 Å². The zero-order valence-electron chi connectivity index (χ0n) is 13.8. The highest BCUT2D eigenvalue weighted by Crippen LogP contribution is 2.29. The second-order valence-electron chi connectivity index (χ2n) is 5.62. The molecule has 1 heterocycles. The summed E-state index contributed by atoms with van der Waals surface area (Å²) in [6, 6.07) is 13.5. The van der Waals surface area contributed by atoms with Crippen LogP contribution in [0.25, 0.3) is 11.0 Å². The molecule has 0 aliphatic heterocycles. The van der Waals surface area contributed by atoms with Crippen molar-refractivity contribution in [3.63, 3.8) is 0 Å². The van der Waals surface area contributed by atoms with E-state index in [1.807, 2.05) is 37.3 Å². The van der Waals surface area contributed by atoms with Crippen LogP contribution in [0.1, 0.15) is 29.1 Å². The molecule has 0 fully saturated rings. The molecule has 1 aromatic heterocycles. The van der Waals surface area contributed by atoms with Crippen molar-refractivity contribution in [1.82, 2.24) is 5.32 Å². The second-order valence-corrected chi connectivity index (χ2v) is 5.62. The number of fused-ring (bicyclic) bond motifs is 1. The van der Waals surface area contributed by atoms with Gasteiger partial charge in [0.2, 0.25) is 0 Å². The van der Waals surface area contributed by atoms with E-state index in [0.717, 1.165) is 11.0 Å². The number of amides is 1. The molecule has 0 aliphatic rings. The molecule has 1 amide bonds. The molecule has 0 spiro atoms. The zero-order valence-corrected chi connectivity index (χ0v) is 13.8. The Bertz CT molecular complexity index is 915. The number of carbonyl (C=O) groups is 1. The van der Waals surface area contributed by atoms with Gasteiger partial charge >= 0.3 is 0 Å². The maximum atomic E-state index is 12.1. The number of nitrogens with one attached hydrogen (secondary N) is 2. The fourth-order valence-corrected chi connectivity index (χ4v) is 2.61. The topological polar surface area (TPSA) is 97.4 Å². The molecule has 0 saturated carbocycles. The number of hydrogen-bond acceptors (Lipinski definition) is 5. The van der Waals surface area contributed by atoms with Gasteiger partial charge in [0.1, 0.15) is 11.3 Å². The lowest BCUT2D eigenvalue weighted by Crippen LogP contribution is -2.20. The normalized spacial score (nSPS) is 11.9. The number of benzene rings is 2. The number of non-ortho nitro benzene ring substituents is 1. The molecule has 0 saturated heterocycles. The Morgan fingerprint density at radius 3 is 2.64 bits per heavy atom. The molecule has 7 nitrogen and oxygen atoms in total. The Hall–Kier alpha value is -3.35. The fourth-order valence-electron chi connectivity index (χ4n) is 2.61. The largest absolute Gasteiger partial charge is 0.459 e. The standard InChI is InChI=1S/C18H17N3O4/c1-11(17-9-12-5-3-4-6-16(12)25-17)20-15-8-7-13(21(23)24)10-14(15)18(22)19-2/h3-11,20H,1-2H3,(H,19,22)/t11-/m1/s1. The van der Waals surface area contributed by atoms with Crippen LogP contribution in [0.2, 0.25) is 0 Å². The molecular formula is C18H17N3O4. The molecule has 0 aliphatic carbocycles. The van der Waals surface area contributed by atoms with Crippen molar-refractivity contribution in [2.45, 2.75) is 13.0 Å². The summed E-state index contributed by atoms with van der Waals surface area (Å²) in [5.41, 5.74) is 1.35. The van der Waals surface area contributed by atoms with Gasteiger partial charge in [-0.25, -0.2) is 0 Å². The van der Waals surface area contributed by atoms with E-state index < -0.39 is 10.8 Å². The van der Waals surface area contributed by atoms with Crippen LogP contribution in [0, 0.1) is 10.1 Å². The van der Waals surface area contributed by atoms with Crippen molar-refractivity contribution in [3.05, 3.63) is 70.0 Å². The van der Waals surface area contributed by atoms with Crippen molar-refractivity contribution in [2.75, 3.05) is 12.4 Å². The Kier molecular flexibility index (Phi) is 4.38. The monoisotopic (exact) mass is 339 g/mol. The zero-order chi connectivity index (χ0) is 18.0. The Morgan fingerprint density at radius 1 is 1.20 bits per heavy atom. The van der Waals surface area contributed by atoms with Gasteiger partial charge in [-0.15, -0.1) is 0 Å². The van der Waals surface area contributed by atoms with Gasteiger partial charge < -0.3 is 15.1 Å². The number of nitro groups is 1. The van der Waals surface area contributed by atoms with E-state index in [1.165, 1.54) is 25.2 Å². The highest BCUT2D eigenvalue weighted by atomic mass is 16.6. The minimum absolute atomic E-state index is 0.138. The number of hydrogen-bond donors (Lipinski definition) is 2. The molecule has 1 atom stereocenters. The van der Waals surface area contributed by atoms with Gasteiger partial charge in [0.25, 0.3) is 11.6 Å². The van der Waals surface area contributed by atoms with Crippen LogP contribution in [0.3, 0.4) is 0 Å². The first kappa shape index (κ1) is 16.5. The SMILES string of the molecule is CNC(=O)c1cc([N+](=O)[O-])ccc1N[C@H](C)c1cc2ccccc2o1.